The highest BCUT2D eigenvalue weighted by molar-refractivity contribution is 5.69. The molecule has 2 rings (SSSR count). The molecule has 0 radical (unpaired) electrons. The van der Waals surface area contributed by atoms with Gasteiger partial charge in [-0.1, -0.05) is 12.1 Å². The first-order valence-electron chi connectivity index (χ1n) is 5.21. The van der Waals surface area contributed by atoms with Gasteiger partial charge >= 0.3 is 0 Å². The predicted octanol–water partition coefficient (Wildman–Crippen LogP) is 2.39. The van der Waals surface area contributed by atoms with Crippen molar-refractivity contribution in [2.24, 2.45) is 5.73 Å². The second-order valence-electron chi connectivity index (χ2n) is 3.99. The van der Waals surface area contributed by atoms with Crippen molar-refractivity contribution in [2.75, 3.05) is 0 Å². The number of nitrogens with zero attached hydrogens (tertiary/aromatic N) is 1. The van der Waals surface area contributed by atoms with Crippen molar-refractivity contribution in [2.45, 2.75) is 26.2 Å². The summed E-state index contributed by atoms with van der Waals surface area (Å²) in [6.07, 6.45) is 3.55. The Balaban J connectivity index is 2.44. The summed E-state index contributed by atoms with van der Waals surface area (Å²) in [6, 6.07) is 8.36. The molecule has 0 fully saturated rings. The monoisotopic (exact) mass is 198 g/mol. The van der Waals surface area contributed by atoms with Gasteiger partial charge in [-0.25, -0.2) is 0 Å². The molecule has 2 heteroatoms. The molecule has 0 aromatic heterocycles. The van der Waals surface area contributed by atoms with E-state index in [1.165, 1.54) is 24.0 Å². The molecule has 0 aliphatic heterocycles. The van der Waals surface area contributed by atoms with E-state index in [1.54, 1.807) is 6.92 Å². The molecule has 2 N–H and O–H groups in total. The maximum atomic E-state index is 8.77. The Bertz CT molecular complexity index is 464. The van der Waals surface area contributed by atoms with Crippen LogP contribution in [-0.4, -0.2) is 0 Å². The number of aryl methyl sites for hydroxylation is 2. The van der Waals surface area contributed by atoms with Gasteiger partial charge in [0.2, 0.25) is 0 Å². The zero-order valence-electron chi connectivity index (χ0n) is 8.88. The number of nitriles is 1. The van der Waals surface area contributed by atoms with Crippen molar-refractivity contribution < 1.29 is 0 Å². The second kappa shape index (κ2) is 3.78. The van der Waals surface area contributed by atoms with Gasteiger partial charge in [0.25, 0.3) is 0 Å². The van der Waals surface area contributed by atoms with Crippen LogP contribution in [-0.2, 0) is 12.8 Å². The van der Waals surface area contributed by atoms with Crippen molar-refractivity contribution in [3.63, 3.8) is 0 Å². The van der Waals surface area contributed by atoms with Gasteiger partial charge in [-0.15, -0.1) is 0 Å². The van der Waals surface area contributed by atoms with Crippen LogP contribution in [0.3, 0.4) is 0 Å². The third-order valence-corrected chi connectivity index (χ3v) is 2.98. The highest BCUT2D eigenvalue weighted by atomic mass is 14.6. The fourth-order valence-corrected chi connectivity index (χ4v) is 2.02. The first-order valence-corrected chi connectivity index (χ1v) is 5.21. The van der Waals surface area contributed by atoms with E-state index < -0.39 is 0 Å². The molecule has 1 aromatic rings. The van der Waals surface area contributed by atoms with Crippen LogP contribution in [0, 0.1) is 11.3 Å². The van der Waals surface area contributed by atoms with Gasteiger partial charge in [-0.05, 0) is 48.9 Å². The van der Waals surface area contributed by atoms with Crippen LogP contribution in [0.1, 0.15) is 30.0 Å². The Labute approximate surface area is 90.0 Å². The van der Waals surface area contributed by atoms with Crippen molar-refractivity contribution in [3.05, 3.63) is 40.5 Å². The molecule has 76 valence electrons. The Morgan fingerprint density at radius 1 is 1.33 bits per heavy atom. The molecule has 1 aliphatic rings. The summed E-state index contributed by atoms with van der Waals surface area (Å²) in [4.78, 5) is 0. The molecule has 1 aliphatic carbocycles. The SMILES string of the molecule is C/C(C#N)=C(/N)c1ccc2c(c1)CCC2. The molecule has 0 heterocycles. The zero-order valence-corrected chi connectivity index (χ0v) is 8.88. The number of nitrogens with two attached hydrogens (primary N) is 1. The minimum atomic E-state index is 0.591. The van der Waals surface area contributed by atoms with E-state index in [0.717, 1.165) is 12.0 Å². The van der Waals surface area contributed by atoms with Gasteiger partial charge in [0.1, 0.15) is 0 Å². The van der Waals surface area contributed by atoms with Gasteiger partial charge in [0, 0.05) is 5.57 Å². The quantitative estimate of drug-likeness (QED) is 0.704. The van der Waals surface area contributed by atoms with Crippen molar-refractivity contribution in [3.8, 4) is 6.07 Å². The second-order valence-corrected chi connectivity index (χ2v) is 3.99. The maximum absolute atomic E-state index is 8.77. The minimum Gasteiger partial charge on any atom is -0.397 e. The lowest BCUT2D eigenvalue weighted by Gasteiger charge is -2.05. The average Bonchev–Trinajstić information content (AvgIpc) is 2.73. The van der Waals surface area contributed by atoms with Crippen molar-refractivity contribution >= 4 is 5.70 Å². The summed E-state index contributed by atoms with van der Waals surface area (Å²) in [7, 11) is 0. The molecule has 0 unspecified atom stereocenters. The van der Waals surface area contributed by atoms with Crippen molar-refractivity contribution in [1.29, 1.82) is 5.26 Å². The summed E-state index contributed by atoms with van der Waals surface area (Å²) >= 11 is 0. The fraction of sp³-hybridized carbons (Fsp3) is 0.308. The van der Waals surface area contributed by atoms with E-state index in [0.29, 0.717) is 11.3 Å². The van der Waals surface area contributed by atoms with E-state index in [2.05, 4.69) is 18.2 Å². The van der Waals surface area contributed by atoms with Crippen LogP contribution in [0.4, 0.5) is 0 Å². The number of hydrogen-bond donors (Lipinski definition) is 1. The molecule has 0 atom stereocenters. The van der Waals surface area contributed by atoms with E-state index >= 15 is 0 Å². The van der Waals surface area contributed by atoms with E-state index in [-0.39, 0.29) is 0 Å². The van der Waals surface area contributed by atoms with Crippen LogP contribution >= 0.6 is 0 Å². The van der Waals surface area contributed by atoms with Crippen LogP contribution in [0.15, 0.2) is 23.8 Å². The van der Waals surface area contributed by atoms with Crippen LogP contribution in [0.5, 0.6) is 0 Å². The molecule has 0 spiro atoms. The van der Waals surface area contributed by atoms with Gasteiger partial charge in [0.05, 0.1) is 11.8 Å². The summed E-state index contributed by atoms with van der Waals surface area (Å²) in [5, 5.41) is 8.77. The Morgan fingerprint density at radius 2 is 2.07 bits per heavy atom. The van der Waals surface area contributed by atoms with Gasteiger partial charge in [0.15, 0.2) is 0 Å². The summed E-state index contributed by atoms with van der Waals surface area (Å²) < 4.78 is 0. The number of fused-ring (bicyclic) bond motifs is 1. The van der Waals surface area contributed by atoms with Crippen LogP contribution < -0.4 is 5.73 Å². The highest BCUT2D eigenvalue weighted by Gasteiger charge is 2.11. The minimum absolute atomic E-state index is 0.591. The molecular formula is C13H14N2. The number of allylic oxidation sites excluding steroid dienone is 1. The number of rotatable bonds is 1. The van der Waals surface area contributed by atoms with Gasteiger partial charge in [-0.2, -0.15) is 5.26 Å². The normalized spacial score (nSPS) is 15.5. The smallest absolute Gasteiger partial charge is 0.0965 e. The molecular weight excluding hydrogens is 184 g/mol. The maximum Gasteiger partial charge on any atom is 0.0965 e. The molecule has 0 bridgehead atoms. The molecule has 2 nitrogen and oxygen atoms in total. The predicted molar refractivity (Wildman–Crippen MR) is 60.9 cm³/mol. The number of hydrogen-bond acceptors (Lipinski definition) is 2. The first-order chi connectivity index (χ1) is 7.22. The lowest BCUT2D eigenvalue weighted by molar-refractivity contribution is 0.911. The fourth-order valence-electron chi connectivity index (χ4n) is 2.02. The van der Waals surface area contributed by atoms with Crippen molar-refractivity contribution in [1.82, 2.24) is 0 Å². The Kier molecular flexibility index (Phi) is 2.47. The summed E-state index contributed by atoms with van der Waals surface area (Å²) in [6.45, 7) is 1.75. The van der Waals surface area contributed by atoms with Crippen LogP contribution in [0.2, 0.25) is 0 Å². The number of benzene rings is 1. The lowest BCUT2D eigenvalue weighted by Crippen LogP contribution is -2.00. The van der Waals surface area contributed by atoms with Crippen LogP contribution in [0.25, 0.3) is 5.70 Å². The lowest BCUT2D eigenvalue weighted by atomic mass is 10.0. The Hall–Kier alpha value is -1.75. The molecule has 15 heavy (non-hydrogen) atoms. The van der Waals surface area contributed by atoms with E-state index in [1.807, 2.05) is 6.07 Å². The van der Waals surface area contributed by atoms with Gasteiger partial charge in [-0.3, -0.25) is 0 Å². The first kappa shape index (κ1) is 9.79. The van der Waals surface area contributed by atoms with E-state index in [4.69, 9.17) is 11.0 Å². The molecule has 0 saturated carbocycles. The highest BCUT2D eigenvalue weighted by Crippen LogP contribution is 2.25. The third-order valence-electron chi connectivity index (χ3n) is 2.98. The molecule has 0 amide bonds. The van der Waals surface area contributed by atoms with Gasteiger partial charge < -0.3 is 5.73 Å². The average molecular weight is 198 g/mol. The zero-order chi connectivity index (χ0) is 10.8. The largest absolute Gasteiger partial charge is 0.397 e. The third kappa shape index (κ3) is 1.73. The molecule has 1 aromatic carbocycles. The Morgan fingerprint density at radius 3 is 2.80 bits per heavy atom. The topological polar surface area (TPSA) is 49.8 Å². The van der Waals surface area contributed by atoms with E-state index in [9.17, 15) is 0 Å². The standard InChI is InChI=1S/C13H14N2/c1-9(8-14)13(15)12-6-5-10-3-2-4-11(10)7-12/h5-7H,2-4,15H2,1H3/b13-9-. The summed E-state index contributed by atoms with van der Waals surface area (Å²) in [5.74, 6) is 0. The molecule has 0 saturated heterocycles. The summed E-state index contributed by atoms with van der Waals surface area (Å²) in [5.41, 5.74) is 10.9.